The Balaban J connectivity index is 0.000000231. The topological polar surface area (TPSA) is 55.2 Å². The monoisotopic (exact) mass is 356 g/mol. The van der Waals surface area contributed by atoms with Crippen molar-refractivity contribution in [3.63, 3.8) is 0 Å². The number of pyridine rings is 2. The number of aromatic nitrogens is 2. The summed E-state index contributed by atoms with van der Waals surface area (Å²) >= 11 is 11.4. The molecule has 0 aromatic carbocycles. The van der Waals surface area contributed by atoms with E-state index in [4.69, 9.17) is 27.9 Å². The van der Waals surface area contributed by atoms with Crippen LogP contribution in [0.25, 0.3) is 0 Å². The molecule has 23 heavy (non-hydrogen) atoms. The van der Waals surface area contributed by atoms with Gasteiger partial charge in [0, 0.05) is 19.5 Å². The summed E-state index contributed by atoms with van der Waals surface area (Å²) < 4.78 is 5.29. The largest absolute Gasteiger partial charge is 0.386 e. The molecule has 0 saturated heterocycles. The molecule has 2 aromatic rings. The van der Waals surface area contributed by atoms with Crippen molar-refractivity contribution >= 4 is 23.2 Å². The smallest absolute Gasteiger partial charge is 0.129 e. The van der Waals surface area contributed by atoms with Crippen LogP contribution in [0.5, 0.6) is 0 Å². The third-order valence-electron chi connectivity index (χ3n) is 3.37. The molecule has 0 radical (unpaired) electrons. The van der Waals surface area contributed by atoms with Crippen molar-refractivity contribution in [3.8, 4) is 0 Å². The van der Waals surface area contributed by atoms with Crippen molar-refractivity contribution in [1.29, 1.82) is 0 Å². The van der Waals surface area contributed by atoms with Crippen LogP contribution in [0.2, 0.25) is 10.3 Å². The van der Waals surface area contributed by atoms with Crippen molar-refractivity contribution in [2.45, 2.75) is 38.9 Å². The van der Waals surface area contributed by atoms with Gasteiger partial charge in [-0.1, -0.05) is 23.2 Å². The molecule has 0 spiro atoms. The van der Waals surface area contributed by atoms with E-state index in [1.807, 2.05) is 26.0 Å². The van der Waals surface area contributed by atoms with Gasteiger partial charge in [0.25, 0.3) is 0 Å². The molecule has 0 atom stereocenters. The number of halogens is 2. The van der Waals surface area contributed by atoms with Gasteiger partial charge in [-0.2, -0.15) is 0 Å². The summed E-state index contributed by atoms with van der Waals surface area (Å²) in [5.41, 5.74) is 0.668. The second-order valence-corrected chi connectivity index (χ2v) is 6.78. The lowest BCUT2D eigenvalue weighted by Gasteiger charge is -2.23. The molecule has 1 N–H and O–H groups in total. The summed E-state index contributed by atoms with van der Waals surface area (Å²) in [6.45, 7) is 7.38. The van der Waals surface area contributed by atoms with Gasteiger partial charge in [-0.05, 0) is 63.1 Å². The van der Waals surface area contributed by atoms with Gasteiger partial charge in [0.1, 0.15) is 10.3 Å². The fourth-order valence-electron chi connectivity index (χ4n) is 1.68. The van der Waals surface area contributed by atoms with Crippen molar-refractivity contribution in [1.82, 2.24) is 9.97 Å². The Morgan fingerprint density at radius 3 is 1.70 bits per heavy atom. The van der Waals surface area contributed by atoms with Crippen molar-refractivity contribution in [2.24, 2.45) is 0 Å². The van der Waals surface area contributed by atoms with Crippen LogP contribution in [0, 0.1) is 0 Å². The van der Waals surface area contributed by atoms with E-state index in [2.05, 4.69) is 9.97 Å². The van der Waals surface area contributed by atoms with Crippen LogP contribution in [-0.4, -0.2) is 22.2 Å². The molecular formula is C17H22Cl2N2O2. The van der Waals surface area contributed by atoms with Crippen molar-refractivity contribution < 1.29 is 9.84 Å². The molecule has 0 amide bonds. The van der Waals surface area contributed by atoms with Gasteiger partial charge in [-0.15, -0.1) is 0 Å². The van der Waals surface area contributed by atoms with E-state index >= 15 is 0 Å². The zero-order valence-corrected chi connectivity index (χ0v) is 15.5. The van der Waals surface area contributed by atoms with E-state index in [0.717, 1.165) is 11.1 Å². The van der Waals surface area contributed by atoms with Crippen LogP contribution in [0.4, 0.5) is 0 Å². The lowest BCUT2D eigenvalue weighted by molar-refractivity contribution is 0.0191. The van der Waals surface area contributed by atoms with Crippen LogP contribution in [0.3, 0.4) is 0 Å². The van der Waals surface area contributed by atoms with Crippen molar-refractivity contribution in [3.05, 3.63) is 58.1 Å². The minimum absolute atomic E-state index is 0.299. The first-order valence-electron chi connectivity index (χ1n) is 7.08. The Labute approximate surface area is 147 Å². The van der Waals surface area contributed by atoms with E-state index in [-0.39, 0.29) is 5.60 Å². The highest BCUT2D eigenvalue weighted by atomic mass is 35.5. The Morgan fingerprint density at radius 1 is 0.913 bits per heavy atom. The predicted molar refractivity (Wildman–Crippen MR) is 93.8 cm³/mol. The van der Waals surface area contributed by atoms with Crippen molar-refractivity contribution in [2.75, 3.05) is 7.11 Å². The van der Waals surface area contributed by atoms with Crippen LogP contribution in [0.1, 0.15) is 38.8 Å². The average molecular weight is 357 g/mol. The lowest BCUT2D eigenvalue weighted by Crippen LogP contribution is -2.19. The number of hydrogen-bond donors (Lipinski definition) is 1. The quantitative estimate of drug-likeness (QED) is 0.817. The molecule has 6 heteroatoms. The third-order valence-corrected chi connectivity index (χ3v) is 3.78. The third kappa shape index (κ3) is 6.43. The number of rotatable bonds is 3. The Morgan fingerprint density at radius 2 is 1.35 bits per heavy atom. The summed E-state index contributed by atoms with van der Waals surface area (Å²) in [5.74, 6) is 0. The molecule has 0 saturated carbocycles. The van der Waals surface area contributed by atoms with E-state index in [1.165, 1.54) is 0 Å². The summed E-state index contributed by atoms with van der Waals surface area (Å²) in [4.78, 5) is 7.71. The number of aliphatic hydroxyl groups is 1. The molecule has 0 aliphatic rings. The van der Waals surface area contributed by atoms with Gasteiger partial charge in [-0.25, -0.2) is 9.97 Å². The molecule has 4 nitrogen and oxygen atoms in total. The minimum atomic E-state index is -0.841. The zero-order chi connectivity index (χ0) is 17.7. The first-order valence-corrected chi connectivity index (χ1v) is 7.83. The van der Waals surface area contributed by atoms with Gasteiger partial charge in [0.2, 0.25) is 0 Å². The summed E-state index contributed by atoms with van der Waals surface area (Å²) in [5, 5.41) is 10.4. The fourth-order valence-corrected chi connectivity index (χ4v) is 2.03. The van der Waals surface area contributed by atoms with Crippen LogP contribution >= 0.6 is 23.2 Å². The first kappa shape index (κ1) is 19.8. The van der Waals surface area contributed by atoms with Crippen LogP contribution in [0.15, 0.2) is 36.7 Å². The summed E-state index contributed by atoms with van der Waals surface area (Å²) in [7, 11) is 1.67. The first-order chi connectivity index (χ1) is 10.6. The highest BCUT2D eigenvalue weighted by molar-refractivity contribution is 6.29. The molecular weight excluding hydrogens is 335 g/mol. The molecule has 2 rings (SSSR count). The standard InChI is InChI=1S/C9H12ClNO.C8H10ClNO/c1-9(2,12-3)7-4-5-11-8(10)6-7;1-8(2,11)6-3-4-10-7(9)5-6/h4-6H,1-3H3;3-5,11H,1-2H3. The Kier molecular flexibility index (Phi) is 6.96. The fraction of sp³-hybridized carbons (Fsp3) is 0.412. The highest BCUT2D eigenvalue weighted by Gasteiger charge is 2.19. The van der Waals surface area contributed by atoms with Gasteiger partial charge in [-0.3, -0.25) is 0 Å². The number of hydrogen-bond acceptors (Lipinski definition) is 4. The second-order valence-electron chi connectivity index (χ2n) is 6.01. The second kappa shape index (κ2) is 8.06. The maximum absolute atomic E-state index is 9.53. The van der Waals surface area contributed by atoms with Gasteiger partial charge >= 0.3 is 0 Å². The summed E-state index contributed by atoms with van der Waals surface area (Å²) in [6.07, 6.45) is 3.26. The predicted octanol–water partition coefficient (Wildman–Crippen LogP) is 4.58. The minimum Gasteiger partial charge on any atom is -0.386 e. The number of nitrogens with zero attached hydrogens (tertiary/aromatic N) is 2. The normalized spacial score (nSPS) is 11.7. The zero-order valence-electron chi connectivity index (χ0n) is 14.0. The molecule has 0 bridgehead atoms. The van der Waals surface area contributed by atoms with Crippen LogP contribution < -0.4 is 0 Å². The number of ether oxygens (including phenoxy) is 1. The Bertz CT molecular complexity index is 640. The molecule has 0 unspecified atom stereocenters. The van der Waals surface area contributed by atoms with E-state index in [9.17, 15) is 5.11 Å². The average Bonchev–Trinajstić information content (AvgIpc) is 2.47. The van der Waals surface area contributed by atoms with Crippen LogP contribution in [-0.2, 0) is 15.9 Å². The molecule has 126 valence electrons. The van der Waals surface area contributed by atoms with E-state index in [0.29, 0.717) is 10.3 Å². The Hall–Kier alpha value is -1.20. The van der Waals surface area contributed by atoms with E-state index in [1.54, 1.807) is 45.5 Å². The lowest BCUT2D eigenvalue weighted by atomic mass is 10.00. The molecule has 0 fully saturated rings. The maximum atomic E-state index is 9.53. The maximum Gasteiger partial charge on any atom is 0.129 e. The molecule has 0 aliphatic heterocycles. The summed E-state index contributed by atoms with van der Waals surface area (Å²) in [6, 6.07) is 7.11. The molecule has 2 aromatic heterocycles. The molecule has 2 heterocycles. The highest BCUT2D eigenvalue weighted by Crippen LogP contribution is 2.24. The van der Waals surface area contributed by atoms with Gasteiger partial charge in [0.05, 0.1) is 11.2 Å². The van der Waals surface area contributed by atoms with Gasteiger partial charge < -0.3 is 9.84 Å². The SMILES string of the molecule is CC(C)(O)c1ccnc(Cl)c1.COC(C)(C)c1ccnc(Cl)c1. The van der Waals surface area contributed by atoms with Gasteiger partial charge in [0.15, 0.2) is 0 Å². The van der Waals surface area contributed by atoms with E-state index < -0.39 is 5.60 Å². The molecule has 0 aliphatic carbocycles. The number of methoxy groups -OCH3 is 1.